The van der Waals surface area contributed by atoms with E-state index < -0.39 is 0 Å². The number of hydrogen-bond acceptors (Lipinski definition) is 2. The molecule has 0 aromatic rings. The van der Waals surface area contributed by atoms with Crippen molar-refractivity contribution in [3.05, 3.63) is 0 Å². The van der Waals surface area contributed by atoms with Gasteiger partial charge < -0.3 is 4.74 Å². The largest absolute Gasteiger partial charge is 0.475 e. The second kappa shape index (κ2) is 15.7. The summed E-state index contributed by atoms with van der Waals surface area (Å²) in [6.07, 6.45) is 23.4. The second-order valence-corrected chi connectivity index (χ2v) is 7.91. The van der Waals surface area contributed by atoms with E-state index in [4.69, 9.17) is 9.73 Å². The first-order valence-electron chi connectivity index (χ1n) is 11.5. The fraction of sp³-hybridized carbons (Fsp3) is 0.957. The van der Waals surface area contributed by atoms with Gasteiger partial charge in [-0.05, 0) is 19.3 Å². The lowest BCUT2D eigenvalue weighted by atomic mass is 10.0. The predicted octanol–water partition coefficient (Wildman–Crippen LogP) is 7.84. The molecule has 2 heteroatoms. The summed E-state index contributed by atoms with van der Waals surface area (Å²) < 4.78 is 5.98. The molecule has 0 fully saturated rings. The number of unbranched alkanes of at least 4 members (excludes halogenated alkanes) is 13. The van der Waals surface area contributed by atoms with Crippen LogP contribution in [0.25, 0.3) is 0 Å². The Kier molecular flexibility index (Phi) is 14.1. The molecule has 2 nitrogen and oxygen atoms in total. The summed E-state index contributed by atoms with van der Waals surface area (Å²) in [5.41, 5.74) is 0. The average Bonchev–Trinajstić information content (AvgIpc) is 3.04. The SMILES string of the molecule is CCCCCCCCCCCCCCCCC1=NC(CC)C(CC)O1. The van der Waals surface area contributed by atoms with Crippen LogP contribution >= 0.6 is 0 Å². The van der Waals surface area contributed by atoms with E-state index in [0.717, 1.165) is 25.2 Å². The molecule has 0 saturated carbocycles. The lowest BCUT2D eigenvalue weighted by molar-refractivity contribution is 0.180. The van der Waals surface area contributed by atoms with E-state index in [1.54, 1.807) is 0 Å². The standard InChI is InChI=1S/C23H45NO/c1-4-7-8-9-10-11-12-13-14-15-16-17-18-19-20-23-24-21(5-2)22(6-3)25-23/h21-22H,4-20H2,1-3H3. The van der Waals surface area contributed by atoms with Gasteiger partial charge >= 0.3 is 0 Å². The van der Waals surface area contributed by atoms with Gasteiger partial charge in [0.2, 0.25) is 0 Å². The van der Waals surface area contributed by atoms with Crippen LogP contribution in [0.3, 0.4) is 0 Å². The molecule has 0 aliphatic carbocycles. The molecule has 25 heavy (non-hydrogen) atoms. The molecular weight excluding hydrogens is 306 g/mol. The fourth-order valence-corrected chi connectivity index (χ4v) is 3.86. The normalized spacial score (nSPS) is 19.9. The minimum Gasteiger partial charge on any atom is -0.475 e. The summed E-state index contributed by atoms with van der Waals surface area (Å²) in [6, 6.07) is 0.423. The van der Waals surface area contributed by atoms with Crippen molar-refractivity contribution in [2.45, 2.75) is 142 Å². The summed E-state index contributed by atoms with van der Waals surface area (Å²) >= 11 is 0. The van der Waals surface area contributed by atoms with Crippen LogP contribution in [0.2, 0.25) is 0 Å². The Labute approximate surface area is 158 Å². The molecule has 0 saturated heterocycles. The van der Waals surface area contributed by atoms with Crippen molar-refractivity contribution in [2.24, 2.45) is 4.99 Å². The Morgan fingerprint density at radius 1 is 0.640 bits per heavy atom. The highest BCUT2D eigenvalue weighted by molar-refractivity contribution is 5.78. The van der Waals surface area contributed by atoms with Crippen LogP contribution < -0.4 is 0 Å². The third-order valence-corrected chi connectivity index (χ3v) is 5.59. The first kappa shape index (κ1) is 22.5. The third kappa shape index (κ3) is 10.9. The van der Waals surface area contributed by atoms with Gasteiger partial charge in [-0.15, -0.1) is 0 Å². The fourth-order valence-electron chi connectivity index (χ4n) is 3.86. The molecule has 1 aliphatic rings. The highest BCUT2D eigenvalue weighted by Gasteiger charge is 2.27. The van der Waals surface area contributed by atoms with Gasteiger partial charge in [-0.1, -0.05) is 104 Å². The number of hydrogen-bond donors (Lipinski definition) is 0. The monoisotopic (exact) mass is 351 g/mol. The smallest absolute Gasteiger partial charge is 0.184 e. The molecule has 0 spiro atoms. The topological polar surface area (TPSA) is 21.6 Å². The molecule has 148 valence electrons. The molecular formula is C23H45NO. The van der Waals surface area contributed by atoms with E-state index in [2.05, 4.69) is 20.8 Å². The van der Waals surface area contributed by atoms with Gasteiger partial charge in [-0.3, -0.25) is 0 Å². The molecule has 0 amide bonds. The van der Waals surface area contributed by atoms with E-state index in [0.29, 0.717) is 12.1 Å². The van der Waals surface area contributed by atoms with E-state index >= 15 is 0 Å². The maximum absolute atomic E-state index is 5.98. The van der Waals surface area contributed by atoms with Crippen molar-refractivity contribution in [3.8, 4) is 0 Å². The number of nitrogens with zero attached hydrogens (tertiary/aromatic N) is 1. The first-order valence-corrected chi connectivity index (χ1v) is 11.5. The molecule has 2 atom stereocenters. The van der Waals surface area contributed by atoms with Gasteiger partial charge in [-0.2, -0.15) is 0 Å². The Hall–Kier alpha value is -0.530. The van der Waals surface area contributed by atoms with Crippen LogP contribution in [0, 0.1) is 0 Å². The molecule has 2 unspecified atom stereocenters. The zero-order chi connectivity index (χ0) is 18.2. The maximum Gasteiger partial charge on any atom is 0.184 e. The van der Waals surface area contributed by atoms with Crippen molar-refractivity contribution < 1.29 is 4.74 Å². The first-order chi connectivity index (χ1) is 12.3. The van der Waals surface area contributed by atoms with Crippen LogP contribution in [0.4, 0.5) is 0 Å². The molecule has 0 aromatic carbocycles. The quantitative estimate of drug-likeness (QED) is 0.244. The Bertz CT molecular complexity index is 326. The lowest BCUT2D eigenvalue weighted by Crippen LogP contribution is -2.20. The summed E-state index contributed by atoms with van der Waals surface area (Å²) in [7, 11) is 0. The molecule has 0 N–H and O–H groups in total. The maximum atomic E-state index is 5.98. The van der Waals surface area contributed by atoms with Gasteiger partial charge in [-0.25, -0.2) is 4.99 Å². The Balaban J connectivity index is 1.82. The Morgan fingerprint density at radius 3 is 1.52 bits per heavy atom. The van der Waals surface area contributed by atoms with Crippen LogP contribution in [0.15, 0.2) is 4.99 Å². The van der Waals surface area contributed by atoms with E-state index in [1.807, 2.05) is 0 Å². The van der Waals surface area contributed by atoms with Gasteiger partial charge in [0.1, 0.15) is 6.10 Å². The van der Waals surface area contributed by atoms with Gasteiger partial charge in [0, 0.05) is 6.42 Å². The van der Waals surface area contributed by atoms with Crippen molar-refractivity contribution in [1.82, 2.24) is 0 Å². The molecule has 1 rings (SSSR count). The molecule has 0 aromatic heterocycles. The highest BCUT2D eigenvalue weighted by atomic mass is 16.5. The molecule has 0 bridgehead atoms. The zero-order valence-electron chi connectivity index (χ0n) is 17.5. The van der Waals surface area contributed by atoms with Crippen molar-refractivity contribution >= 4 is 5.90 Å². The van der Waals surface area contributed by atoms with Gasteiger partial charge in [0.15, 0.2) is 5.90 Å². The summed E-state index contributed by atoms with van der Waals surface area (Å²) in [6.45, 7) is 6.72. The summed E-state index contributed by atoms with van der Waals surface area (Å²) in [5.74, 6) is 1.04. The van der Waals surface area contributed by atoms with E-state index in [1.165, 1.54) is 89.9 Å². The summed E-state index contributed by atoms with van der Waals surface area (Å²) in [4.78, 5) is 4.75. The van der Waals surface area contributed by atoms with Crippen LogP contribution in [0.1, 0.15) is 130 Å². The van der Waals surface area contributed by atoms with Crippen LogP contribution in [-0.2, 0) is 4.74 Å². The van der Waals surface area contributed by atoms with E-state index in [9.17, 15) is 0 Å². The number of aliphatic imine (C=N–C) groups is 1. The minimum absolute atomic E-state index is 0.353. The summed E-state index contributed by atoms with van der Waals surface area (Å²) in [5, 5.41) is 0. The Morgan fingerprint density at radius 2 is 1.12 bits per heavy atom. The second-order valence-electron chi connectivity index (χ2n) is 7.91. The van der Waals surface area contributed by atoms with Gasteiger partial charge in [0.25, 0.3) is 0 Å². The van der Waals surface area contributed by atoms with Crippen LogP contribution in [0.5, 0.6) is 0 Å². The molecule has 1 aliphatic heterocycles. The predicted molar refractivity (Wildman–Crippen MR) is 112 cm³/mol. The average molecular weight is 352 g/mol. The van der Waals surface area contributed by atoms with Gasteiger partial charge in [0.05, 0.1) is 6.04 Å². The van der Waals surface area contributed by atoms with Crippen molar-refractivity contribution in [3.63, 3.8) is 0 Å². The molecule has 0 radical (unpaired) electrons. The lowest BCUT2D eigenvalue weighted by Gasteiger charge is -2.13. The number of ether oxygens (including phenoxy) is 1. The minimum atomic E-state index is 0.353. The van der Waals surface area contributed by atoms with Crippen molar-refractivity contribution in [1.29, 1.82) is 0 Å². The van der Waals surface area contributed by atoms with Crippen molar-refractivity contribution in [2.75, 3.05) is 0 Å². The number of rotatable bonds is 17. The van der Waals surface area contributed by atoms with E-state index in [-0.39, 0.29) is 0 Å². The highest BCUT2D eigenvalue weighted by Crippen LogP contribution is 2.22. The zero-order valence-corrected chi connectivity index (χ0v) is 17.5. The molecule has 1 heterocycles. The van der Waals surface area contributed by atoms with Crippen LogP contribution in [-0.4, -0.2) is 18.0 Å². The third-order valence-electron chi connectivity index (χ3n) is 5.59.